The molecule has 1 nitrogen and oxygen atoms in total. The van der Waals surface area contributed by atoms with Crippen LogP contribution in [0.4, 0.5) is 0 Å². The molecule has 1 aliphatic carbocycles. The second-order valence-corrected chi connectivity index (χ2v) is 6.22. The Morgan fingerprint density at radius 1 is 1.00 bits per heavy atom. The third-order valence-electron chi connectivity index (χ3n) is 4.41. The van der Waals surface area contributed by atoms with E-state index in [0.29, 0.717) is 5.78 Å². The van der Waals surface area contributed by atoms with Crippen LogP contribution < -0.4 is 0 Å². The third kappa shape index (κ3) is 2.36. The third-order valence-corrected chi connectivity index (χ3v) is 4.41. The van der Waals surface area contributed by atoms with Crippen molar-refractivity contribution in [1.29, 1.82) is 0 Å². The van der Waals surface area contributed by atoms with Crippen molar-refractivity contribution < 1.29 is 4.79 Å². The van der Waals surface area contributed by atoms with Gasteiger partial charge in [-0.2, -0.15) is 0 Å². The second kappa shape index (κ2) is 4.87. The summed E-state index contributed by atoms with van der Waals surface area (Å²) in [5.74, 6) is 0.372. The van der Waals surface area contributed by atoms with Gasteiger partial charge in [0.15, 0.2) is 5.78 Å². The molecule has 1 saturated carbocycles. The molecule has 0 saturated heterocycles. The molecule has 0 radical (unpaired) electrons. The van der Waals surface area contributed by atoms with Crippen molar-refractivity contribution in [2.45, 2.75) is 59.8 Å². The van der Waals surface area contributed by atoms with Gasteiger partial charge in [-0.25, -0.2) is 0 Å². The highest BCUT2D eigenvalue weighted by Gasteiger charge is 2.36. The summed E-state index contributed by atoms with van der Waals surface area (Å²) in [5, 5.41) is 0. The quantitative estimate of drug-likeness (QED) is 0.685. The van der Waals surface area contributed by atoms with Gasteiger partial charge in [-0.1, -0.05) is 43.9 Å². The summed E-state index contributed by atoms with van der Waals surface area (Å²) < 4.78 is 0. The van der Waals surface area contributed by atoms with Gasteiger partial charge < -0.3 is 0 Å². The topological polar surface area (TPSA) is 17.1 Å². The molecule has 1 fully saturated rings. The van der Waals surface area contributed by atoms with Crippen molar-refractivity contribution in [3.8, 4) is 0 Å². The molecule has 2 rings (SSSR count). The Balaban J connectivity index is 2.39. The maximum absolute atomic E-state index is 12.9. The molecule has 18 heavy (non-hydrogen) atoms. The van der Waals surface area contributed by atoms with Gasteiger partial charge in [-0.3, -0.25) is 4.79 Å². The highest BCUT2D eigenvalue weighted by Crippen LogP contribution is 2.39. The van der Waals surface area contributed by atoms with Gasteiger partial charge in [0.05, 0.1) is 0 Å². The van der Waals surface area contributed by atoms with E-state index in [0.717, 1.165) is 29.5 Å². The number of carbonyl (C=O) groups excluding carboxylic acids is 1. The largest absolute Gasteiger partial charge is 0.294 e. The van der Waals surface area contributed by atoms with Gasteiger partial charge in [0.25, 0.3) is 0 Å². The monoisotopic (exact) mass is 244 g/mol. The summed E-state index contributed by atoms with van der Waals surface area (Å²) in [7, 11) is 0. The highest BCUT2D eigenvalue weighted by molar-refractivity contribution is 6.02. The van der Waals surface area contributed by atoms with E-state index in [2.05, 4.69) is 39.8 Å². The standard InChI is InChI=1S/C17H24O/c1-12-10-13(2)15(14(3)11-12)16(18)17(4)8-6-5-7-9-17/h10-11H,5-9H2,1-4H3. The lowest BCUT2D eigenvalue weighted by molar-refractivity contribution is 0.0748. The van der Waals surface area contributed by atoms with Gasteiger partial charge in [0.1, 0.15) is 0 Å². The molecule has 0 N–H and O–H groups in total. The van der Waals surface area contributed by atoms with Gasteiger partial charge in [0.2, 0.25) is 0 Å². The van der Waals surface area contributed by atoms with E-state index in [4.69, 9.17) is 0 Å². The van der Waals surface area contributed by atoms with E-state index in [9.17, 15) is 4.79 Å². The molecule has 0 spiro atoms. The molecule has 0 aromatic heterocycles. The SMILES string of the molecule is Cc1cc(C)c(C(=O)C2(C)CCCCC2)c(C)c1. The first kappa shape index (κ1) is 13.3. The predicted molar refractivity (Wildman–Crippen MR) is 76.2 cm³/mol. The first-order chi connectivity index (χ1) is 8.44. The summed E-state index contributed by atoms with van der Waals surface area (Å²) in [6, 6.07) is 4.26. The lowest BCUT2D eigenvalue weighted by Gasteiger charge is -2.33. The normalized spacial score (nSPS) is 18.7. The fourth-order valence-electron chi connectivity index (χ4n) is 3.40. The summed E-state index contributed by atoms with van der Waals surface area (Å²) >= 11 is 0. The number of aryl methyl sites for hydroxylation is 3. The molecule has 1 aromatic carbocycles. The summed E-state index contributed by atoms with van der Waals surface area (Å²) in [6.45, 7) is 8.39. The van der Waals surface area contributed by atoms with Crippen LogP contribution in [0, 0.1) is 26.2 Å². The van der Waals surface area contributed by atoms with Gasteiger partial charge in [-0.15, -0.1) is 0 Å². The lowest BCUT2D eigenvalue weighted by atomic mass is 9.70. The fraction of sp³-hybridized carbons (Fsp3) is 0.588. The van der Waals surface area contributed by atoms with Crippen LogP contribution in [-0.4, -0.2) is 5.78 Å². The van der Waals surface area contributed by atoms with Crippen molar-refractivity contribution in [1.82, 2.24) is 0 Å². The molecule has 0 aliphatic heterocycles. The molecule has 0 unspecified atom stereocenters. The summed E-state index contributed by atoms with van der Waals surface area (Å²) in [6.07, 6.45) is 5.80. The molecule has 1 aromatic rings. The minimum absolute atomic E-state index is 0.122. The Kier molecular flexibility index (Phi) is 3.61. The zero-order valence-corrected chi connectivity index (χ0v) is 12.1. The molecular formula is C17H24O. The maximum Gasteiger partial charge on any atom is 0.169 e. The molecule has 0 atom stereocenters. The Hall–Kier alpha value is -1.11. The molecular weight excluding hydrogens is 220 g/mol. The molecule has 98 valence electrons. The molecule has 1 aliphatic rings. The van der Waals surface area contributed by atoms with Crippen molar-refractivity contribution >= 4 is 5.78 Å². The van der Waals surface area contributed by atoms with Crippen LogP contribution in [0.1, 0.15) is 66.1 Å². The fourth-order valence-corrected chi connectivity index (χ4v) is 3.40. The number of hydrogen-bond donors (Lipinski definition) is 0. The smallest absolute Gasteiger partial charge is 0.169 e. The van der Waals surface area contributed by atoms with E-state index in [1.54, 1.807) is 0 Å². The molecule has 1 heteroatoms. The average molecular weight is 244 g/mol. The Morgan fingerprint density at radius 2 is 1.50 bits per heavy atom. The van der Waals surface area contributed by atoms with Crippen molar-refractivity contribution in [2.75, 3.05) is 0 Å². The molecule has 0 amide bonds. The molecule has 0 bridgehead atoms. The number of ketones is 1. The summed E-state index contributed by atoms with van der Waals surface area (Å²) in [4.78, 5) is 12.9. The minimum atomic E-state index is -0.122. The lowest BCUT2D eigenvalue weighted by Crippen LogP contribution is -2.31. The summed E-state index contributed by atoms with van der Waals surface area (Å²) in [5.41, 5.74) is 4.39. The zero-order valence-electron chi connectivity index (χ0n) is 12.1. The van der Waals surface area contributed by atoms with E-state index in [-0.39, 0.29) is 5.41 Å². The minimum Gasteiger partial charge on any atom is -0.294 e. The zero-order chi connectivity index (χ0) is 13.3. The number of benzene rings is 1. The number of Topliss-reactive ketones (excluding diaryl/α,β-unsaturated/α-hetero) is 1. The van der Waals surface area contributed by atoms with Crippen molar-refractivity contribution in [2.24, 2.45) is 5.41 Å². The number of rotatable bonds is 2. The predicted octanol–water partition coefficient (Wildman–Crippen LogP) is 4.76. The van der Waals surface area contributed by atoms with E-state index in [1.165, 1.54) is 24.8 Å². The number of hydrogen-bond acceptors (Lipinski definition) is 1. The van der Waals surface area contributed by atoms with Crippen LogP contribution in [0.3, 0.4) is 0 Å². The van der Waals surface area contributed by atoms with Crippen LogP contribution in [0.15, 0.2) is 12.1 Å². The van der Waals surface area contributed by atoms with Crippen LogP contribution >= 0.6 is 0 Å². The van der Waals surface area contributed by atoms with E-state index < -0.39 is 0 Å². The van der Waals surface area contributed by atoms with E-state index >= 15 is 0 Å². The van der Waals surface area contributed by atoms with Crippen LogP contribution in [0.5, 0.6) is 0 Å². The van der Waals surface area contributed by atoms with Crippen LogP contribution in [-0.2, 0) is 0 Å². The first-order valence-corrected chi connectivity index (χ1v) is 7.07. The first-order valence-electron chi connectivity index (χ1n) is 7.07. The van der Waals surface area contributed by atoms with Gasteiger partial charge >= 0.3 is 0 Å². The second-order valence-electron chi connectivity index (χ2n) is 6.22. The Bertz CT molecular complexity index is 441. The van der Waals surface area contributed by atoms with Crippen LogP contribution in [0.25, 0.3) is 0 Å². The van der Waals surface area contributed by atoms with Crippen LogP contribution in [0.2, 0.25) is 0 Å². The van der Waals surface area contributed by atoms with E-state index in [1.807, 2.05) is 0 Å². The van der Waals surface area contributed by atoms with Crippen molar-refractivity contribution in [3.05, 3.63) is 34.4 Å². The van der Waals surface area contributed by atoms with Gasteiger partial charge in [-0.05, 0) is 44.7 Å². The Morgan fingerprint density at radius 3 is 2.00 bits per heavy atom. The number of carbonyl (C=O) groups is 1. The Labute approximate surface area is 111 Å². The highest BCUT2D eigenvalue weighted by atomic mass is 16.1. The molecule has 0 heterocycles. The maximum atomic E-state index is 12.9. The van der Waals surface area contributed by atoms with Gasteiger partial charge in [0, 0.05) is 11.0 Å². The van der Waals surface area contributed by atoms with Crippen molar-refractivity contribution in [3.63, 3.8) is 0 Å². The average Bonchev–Trinajstić information content (AvgIpc) is 2.28.